The molecule has 0 aromatic carbocycles. The van der Waals surface area contributed by atoms with E-state index in [1.165, 1.54) is 0 Å². The van der Waals surface area contributed by atoms with Crippen molar-refractivity contribution in [2.45, 2.75) is 71.8 Å². The van der Waals surface area contributed by atoms with Gasteiger partial charge in [-0.1, -0.05) is 0 Å². The largest absolute Gasteiger partial charge is 0.466 e. The molecule has 1 unspecified atom stereocenters. The average molecular weight is 357 g/mol. The van der Waals surface area contributed by atoms with Crippen LogP contribution in [0.5, 0.6) is 0 Å². The van der Waals surface area contributed by atoms with E-state index in [0.717, 1.165) is 25.8 Å². The van der Waals surface area contributed by atoms with Crippen LogP contribution in [0, 0.1) is 0 Å². The number of carbonyl (C=O) groups excluding carboxylic acids is 1. The van der Waals surface area contributed by atoms with Crippen molar-refractivity contribution < 1.29 is 19.0 Å². The van der Waals surface area contributed by atoms with Crippen molar-refractivity contribution >= 4 is 5.97 Å². The lowest BCUT2D eigenvalue weighted by molar-refractivity contribution is -0.242. The molecule has 0 aliphatic carbocycles. The molecule has 6 heteroatoms. The quantitative estimate of drug-likeness (QED) is 0.287. The minimum Gasteiger partial charge on any atom is -0.466 e. The smallest absolute Gasteiger partial charge is 0.305 e. The third-order valence-corrected chi connectivity index (χ3v) is 4.62. The summed E-state index contributed by atoms with van der Waals surface area (Å²) in [7, 11) is 2.09. The van der Waals surface area contributed by atoms with Gasteiger partial charge in [-0.15, -0.1) is 0 Å². The fourth-order valence-electron chi connectivity index (χ4n) is 3.13. The zero-order valence-corrected chi connectivity index (χ0v) is 16.6. The van der Waals surface area contributed by atoms with E-state index in [4.69, 9.17) is 14.2 Å². The first-order valence-corrected chi connectivity index (χ1v) is 9.57. The van der Waals surface area contributed by atoms with E-state index in [9.17, 15) is 4.79 Å². The standard InChI is InChI=1S/C19H36N2O4/c1-6-23-18(22)11-13-19(24-7-2,25-8-3)12-9-10-14-21-16-15-20(5)17(21)4/h15-17H,6-14H2,1-5H3. The molecular formula is C19H36N2O4. The van der Waals surface area contributed by atoms with E-state index in [1.807, 2.05) is 20.8 Å². The minimum atomic E-state index is -0.681. The van der Waals surface area contributed by atoms with Gasteiger partial charge in [-0.3, -0.25) is 4.79 Å². The Balaban J connectivity index is 2.48. The van der Waals surface area contributed by atoms with Gasteiger partial charge in [0.05, 0.1) is 19.2 Å². The monoisotopic (exact) mass is 356 g/mol. The Morgan fingerprint density at radius 1 is 1.04 bits per heavy atom. The maximum absolute atomic E-state index is 11.7. The molecule has 6 nitrogen and oxygen atoms in total. The number of ether oxygens (including phenoxy) is 3. The highest BCUT2D eigenvalue weighted by molar-refractivity contribution is 5.69. The van der Waals surface area contributed by atoms with Crippen LogP contribution in [-0.2, 0) is 19.0 Å². The van der Waals surface area contributed by atoms with Crippen molar-refractivity contribution in [3.63, 3.8) is 0 Å². The molecule has 1 heterocycles. The van der Waals surface area contributed by atoms with Gasteiger partial charge in [-0.2, -0.15) is 0 Å². The fraction of sp³-hybridized carbons (Fsp3) is 0.842. The molecule has 0 amide bonds. The second-order valence-corrected chi connectivity index (χ2v) is 6.37. The van der Waals surface area contributed by atoms with Crippen LogP contribution < -0.4 is 0 Å². The minimum absolute atomic E-state index is 0.189. The lowest BCUT2D eigenvalue weighted by atomic mass is 10.0. The van der Waals surface area contributed by atoms with Crippen LogP contribution >= 0.6 is 0 Å². The summed E-state index contributed by atoms with van der Waals surface area (Å²) in [4.78, 5) is 16.3. The summed E-state index contributed by atoms with van der Waals surface area (Å²) in [5.41, 5.74) is 0. The Morgan fingerprint density at radius 2 is 1.72 bits per heavy atom. The van der Waals surface area contributed by atoms with E-state index in [2.05, 4.69) is 36.2 Å². The Bertz CT molecular complexity index is 408. The molecule has 0 spiro atoms. The molecule has 0 aromatic heterocycles. The van der Waals surface area contributed by atoms with Gasteiger partial charge < -0.3 is 24.0 Å². The van der Waals surface area contributed by atoms with Crippen molar-refractivity contribution in [3.8, 4) is 0 Å². The van der Waals surface area contributed by atoms with Crippen LogP contribution in [0.25, 0.3) is 0 Å². The number of hydrogen-bond acceptors (Lipinski definition) is 6. The highest BCUT2D eigenvalue weighted by Crippen LogP contribution is 2.27. The molecule has 25 heavy (non-hydrogen) atoms. The third kappa shape index (κ3) is 7.24. The number of carbonyl (C=O) groups is 1. The summed E-state index contributed by atoms with van der Waals surface area (Å²) in [5.74, 6) is -0.871. The number of hydrogen-bond donors (Lipinski definition) is 0. The summed E-state index contributed by atoms with van der Waals surface area (Å²) >= 11 is 0. The van der Waals surface area contributed by atoms with Crippen molar-refractivity contribution in [3.05, 3.63) is 12.4 Å². The normalized spacial score (nSPS) is 17.4. The molecule has 1 aliphatic heterocycles. The van der Waals surface area contributed by atoms with Crippen LogP contribution in [0.1, 0.15) is 59.8 Å². The summed E-state index contributed by atoms with van der Waals surface area (Å²) in [5, 5.41) is 0. The number of rotatable bonds is 13. The van der Waals surface area contributed by atoms with Gasteiger partial charge in [0, 0.05) is 52.0 Å². The predicted molar refractivity (Wildman–Crippen MR) is 98.8 cm³/mol. The maximum Gasteiger partial charge on any atom is 0.305 e. The number of nitrogens with zero attached hydrogens (tertiary/aromatic N) is 2. The van der Waals surface area contributed by atoms with Gasteiger partial charge in [-0.05, 0) is 40.5 Å². The first-order valence-electron chi connectivity index (χ1n) is 9.57. The Morgan fingerprint density at radius 3 is 2.24 bits per heavy atom. The summed E-state index contributed by atoms with van der Waals surface area (Å²) < 4.78 is 16.9. The maximum atomic E-state index is 11.7. The highest BCUT2D eigenvalue weighted by atomic mass is 16.7. The highest BCUT2D eigenvalue weighted by Gasteiger charge is 2.32. The molecule has 0 N–H and O–H groups in total. The first-order chi connectivity index (χ1) is 12.0. The van der Waals surface area contributed by atoms with Crippen LogP contribution in [0.4, 0.5) is 0 Å². The van der Waals surface area contributed by atoms with Gasteiger partial charge in [-0.25, -0.2) is 0 Å². The Hall–Kier alpha value is -1.27. The molecule has 0 saturated carbocycles. The van der Waals surface area contributed by atoms with E-state index >= 15 is 0 Å². The van der Waals surface area contributed by atoms with Crippen LogP contribution in [0.2, 0.25) is 0 Å². The molecule has 1 atom stereocenters. The molecule has 146 valence electrons. The van der Waals surface area contributed by atoms with Crippen molar-refractivity contribution in [2.75, 3.05) is 33.4 Å². The van der Waals surface area contributed by atoms with E-state index in [0.29, 0.717) is 38.8 Å². The average Bonchev–Trinajstić information content (AvgIpc) is 2.90. The predicted octanol–water partition coefficient (Wildman–Crippen LogP) is 3.33. The fourth-order valence-corrected chi connectivity index (χ4v) is 3.13. The molecular weight excluding hydrogens is 320 g/mol. The molecule has 0 radical (unpaired) electrons. The van der Waals surface area contributed by atoms with E-state index in [1.54, 1.807) is 0 Å². The van der Waals surface area contributed by atoms with Crippen molar-refractivity contribution in [1.82, 2.24) is 9.80 Å². The zero-order chi connectivity index (χ0) is 18.7. The van der Waals surface area contributed by atoms with Crippen LogP contribution in [0.3, 0.4) is 0 Å². The molecule has 0 aromatic rings. The van der Waals surface area contributed by atoms with Gasteiger partial charge in [0.25, 0.3) is 0 Å². The lowest BCUT2D eigenvalue weighted by Crippen LogP contribution is -2.38. The van der Waals surface area contributed by atoms with E-state index < -0.39 is 5.79 Å². The van der Waals surface area contributed by atoms with Crippen LogP contribution in [0.15, 0.2) is 12.4 Å². The van der Waals surface area contributed by atoms with Gasteiger partial charge in [0.15, 0.2) is 5.79 Å². The molecule has 0 saturated heterocycles. The van der Waals surface area contributed by atoms with Gasteiger partial charge in [0.1, 0.15) is 0 Å². The van der Waals surface area contributed by atoms with E-state index in [-0.39, 0.29) is 5.97 Å². The number of unbranched alkanes of at least 4 members (excludes halogenated alkanes) is 1. The molecule has 1 aliphatic rings. The van der Waals surface area contributed by atoms with Crippen molar-refractivity contribution in [2.24, 2.45) is 0 Å². The topological polar surface area (TPSA) is 51.2 Å². The zero-order valence-electron chi connectivity index (χ0n) is 16.6. The summed E-state index contributed by atoms with van der Waals surface area (Å²) in [6.45, 7) is 10.5. The number of esters is 1. The van der Waals surface area contributed by atoms with Crippen molar-refractivity contribution in [1.29, 1.82) is 0 Å². The van der Waals surface area contributed by atoms with Crippen LogP contribution in [-0.4, -0.2) is 61.1 Å². The first kappa shape index (κ1) is 21.8. The lowest BCUT2D eigenvalue weighted by Gasteiger charge is -2.34. The SMILES string of the molecule is CCOC(=O)CCC(CCCCN1C=CN(C)C1C)(OCC)OCC. The molecule has 0 bridgehead atoms. The summed E-state index contributed by atoms with van der Waals surface area (Å²) in [6, 6.07) is 0. The second-order valence-electron chi connectivity index (χ2n) is 6.37. The Labute approximate surface area is 153 Å². The van der Waals surface area contributed by atoms with Gasteiger partial charge >= 0.3 is 5.97 Å². The Kier molecular flexibility index (Phi) is 9.90. The third-order valence-electron chi connectivity index (χ3n) is 4.62. The summed E-state index contributed by atoms with van der Waals surface area (Å²) in [6.07, 6.45) is 8.36. The second kappa shape index (κ2) is 11.4. The van der Waals surface area contributed by atoms with Gasteiger partial charge in [0.2, 0.25) is 0 Å². The molecule has 1 rings (SSSR count). The molecule has 0 fully saturated rings.